The SMILES string of the molecule is CC/C=C\C/C=C\C/C=C\C/C=C\C/C=C\C/C=C\C/C=C\C/C=C\C/C=C\C/C=C\CCCCCCCCCCCCC(=O)NC(COP(=O)([O-])OCC[N+](C)(C)C)C(O)CCCCCCCCCCCCCCC. The van der Waals surface area contributed by atoms with Gasteiger partial charge in [0.05, 0.1) is 39.9 Å². The Hall–Kier alpha value is -3.10. The van der Waals surface area contributed by atoms with E-state index in [0.29, 0.717) is 23.9 Å². The van der Waals surface area contributed by atoms with Gasteiger partial charge in [-0.3, -0.25) is 9.36 Å². The van der Waals surface area contributed by atoms with E-state index in [1.807, 2.05) is 21.1 Å². The van der Waals surface area contributed by atoms with E-state index in [4.69, 9.17) is 9.05 Å². The first-order valence-corrected chi connectivity index (χ1v) is 32.3. The summed E-state index contributed by atoms with van der Waals surface area (Å²) in [5.74, 6) is -0.174. The number of hydrogen-bond acceptors (Lipinski definition) is 6. The summed E-state index contributed by atoms with van der Waals surface area (Å²) in [6, 6.07) is -0.810. The number of allylic oxidation sites excluding steroid dienone is 20. The van der Waals surface area contributed by atoms with E-state index in [-0.39, 0.29) is 19.1 Å². The highest BCUT2D eigenvalue weighted by Gasteiger charge is 2.24. The predicted molar refractivity (Wildman–Crippen MR) is 329 cm³/mol. The molecular formula is C67H117N2O6P. The Balaban J connectivity index is 4.05. The van der Waals surface area contributed by atoms with Crippen LogP contribution in [0, 0.1) is 0 Å². The lowest BCUT2D eigenvalue weighted by atomic mass is 10.0. The summed E-state index contributed by atoms with van der Waals surface area (Å²) >= 11 is 0. The van der Waals surface area contributed by atoms with Gasteiger partial charge in [0.25, 0.3) is 7.82 Å². The van der Waals surface area contributed by atoms with Crippen molar-refractivity contribution in [1.82, 2.24) is 5.32 Å². The van der Waals surface area contributed by atoms with Gasteiger partial charge in [-0.05, 0) is 89.9 Å². The molecule has 0 spiro atoms. The minimum atomic E-state index is -4.58. The number of likely N-dealkylation sites (N-methyl/N-ethyl adjacent to an activating group) is 1. The molecule has 76 heavy (non-hydrogen) atoms. The summed E-state index contributed by atoms with van der Waals surface area (Å²) in [4.78, 5) is 25.5. The molecule has 0 aromatic rings. The monoisotopic (exact) mass is 1080 g/mol. The minimum Gasteiger partial charge on any atom is -0.756 e. The van der Waals surface area contributed by atoms with Gasteiger partial charge in [-0.25, -0.2) is 0 Å². The van der Waals surface area contributed by atoms with Crippen molar-refractivity contribution in [2.45, 2.75) is 257 Å². The molecule has 0 aliphatic carbocycles. The van der Waals surface area contributed by atoms with Crippen molar-refractivity contribution in [1.29, 1.82) is 0 Å². The molecule has 3 unspecified atom stereocenters. The van der Waals surface area contributed by atoms with Crippen LogP contribution in [-0.4, -0.2) is 68.5 Å². The summed E-state index contributed by atoms with van der Waals surface area (Å²) in [6.45, 7) is 4.59. The van der Waals surface area contributed by atoms with Crippen molar-refractivity contribution in [3.8, 4) is 0 Å². The molecule has 0 saturated heterocycles. The van der Waals surface area contributed by atoms with Crippen LogP contribution in [0.1, 0.15) is 245 Å². The number of hydrogen-bond donors (Lipinski definition) is 2. The van der Waals surface area contributed by atoms with E-state index < -0.39 is 20.0 Å². The summed E-state index contributed by atoms with van der Waals surface area (Å²) in [7, 11) is 1.29. The highest BCUT2D eigenvalue weighted by Crippen LogP contribution is 2.38. The Labute approximate surface area is 469 Å². The molecule has 0 heterocycles. The second-order valence-corrected chi connectivity index (χ2v) is 23.1. The van der Waals surface area contributed by atoms with Crippen LogP contribution in [0.3, 0.4) is 0 Å². The average molecular weight is 1080 g/mol. The van der Waals surface area contributed by atoms with Gasteiger partial charge in [-0.15, -0.1) is 0 Å². The third kappa shape index (κ3) is 58.6. The molecule has 1 amide bonds. The topological polar surface area (TPSA) is 108 Å². The normalized spacial score (nSPS) is 14.7. The molecule has 0 fully saturated rings. The maximum absolute atomic E-state index is 13.0. The summed E-state index contributed by atoms with van der Waals surface area (Å²) < 4.78 is 23.4. The summed E-state index contributed by atoms with van der Waals surface area (Å²) in [5.41, 5.74) is 0. The van der Waals surface area contributed by atoms with Gasteiger partial charge in [0.2, 0.25) is 5.91 Å². The van der Waals surface area contributed by atoms with Crippen LogP contribution in [-0.2, 0) is 18.4 Å². The Morgan fingerprint density at radius 3 is 1.17 bits per heavy atom. The molecule has 0 aliphatic rings. The van der Waals surface area contributed by atoms with Crippen LogP contribution >= 0.6 is 7.82 Å². The van der Waals surface area contributed by atoms with Crippen molar-refractivity contribution in [3.63, 3.8) is 0 Å². The van der Waals surface area contributed by atoms with E-state index in [2.05, 4.69) is 141 Å². The van der Waals surface area contributed by atoms with Crippen LogP contribution in [0.15, 0.2) is 122 Å². The van der Waals surface area contributed by atoms with E-state index >= 15 is 0 Å². The van der Waals surface area contributed by atoms with Gasteiger partial charge >= 0.3 is 0 Å². The first kappa shape index (κ1) is 72.9. The van der Waals surface area contributed by atoms with E-state index in [9.17, 15) is 19.4 Å². The van der Waals surface area contributed by atoms with Crippen LogP contribution in [0.4, 0.5) is 0 Å². The van der Waals surface area contributed by atoms with Gasteiger partial charge < -0.3 is 28.8 Å². The Bertz CT molecular complexity index is 1650. The molecule has 3 atom stereocenters. The number of unbranched alkanes of at least 4 members (excludes halogenated alkanes) is 22. The van der Waals surface area contributed by atoms with Crippen molar-refractivity contribution in [2.75, 3.05) is 40.9 Å². The molecule has 0 radical (unpaired) electrons. The van der Waals surface area contributed by atoms with Crippen LogP contribution < -0.4 is 10.2 Å². The van der Waals surface area contributed by atoms with Crippen molar-refractivity contribution in [3.05, 3.63) is 122 Å². The third-order valence-corrected chi connectivity index (χ3v) is 14.2. The third-order valence-electron chi connectivity index (χ3n) is 13.2. The lowest BCUT2D eigenvalue weighted by Gasteiger charge is -2.30. The number of aliphatic hydroxyl groups is 1. The van der Waals surface area contributed by atoms with E-state index in [1.165, 1.54) is 109 Å². The average Bonchev–Trinajstić information content (AvgIpc) is 3.38. The molecule has 0 bridgehead atoms. The van der Waals surface area contributed by atoms with Crippen molar-refractivity contribution < 1.29 is 32.9 Å². The Kier molecular flexibility index (Phi) is 54.3. The van der Waals surface area contributed by atoms with Gasteiger partial charge in [-0.1, -0.05) is 270 Å². The Morgan fingerprint density at radius 2 is 0.803 bits per heavy atom. The highest BCUT2D eigenvalue weighted by atomic mass is 31.2. The molecule has 0 rings (SSSR count). The molecular weight excluding hydrogens is 960 g/mol. The molecule has 0 aromatic heterocycles. The first-order valence-electron chi connectivity index (χ1n) is 30.9. The van der Waals surface area contributed by atoms with Gasteiger partial charge in [0.1, 0.15) is 13.2 Å². The van der Waals surface area contributed by atoms with Gasteiger partial charge in [0.15, 0.2) is 0 Å². The summed E-state index contributed by atoms with van der Waals surface area (Å²) in [5, 5.41) is 14.0. The number of carbonyl (C=O) groups excluding carboxylic acids is 1. The molecule has 436 valence electrons. The highest BCUT2D eigenvalue weighted by molar-refractivity contribution is 7.45. The molecule has 9 heteroatoms. The fourth-order valence-electron chi connectivity index (χ4n) is 8.42. The predicted octanol–water partition coefficient (Wildman–Crippen LogP) is 18.7. The molecule has 8 nitrogen and oxygen atoms in total. The zero-order valence-corrected chi connectivity index (χ0v) is 50.6. The number of aliphatic hydroxyl groups excluding tert-OH is 1. The van der Waals surface area contributed by atoms with Crippen molar-refractivity contribution >= 4 is 13.7 Å². The maximum atomic E-state index is 13.0. The smallest absolute Gasteiger partial charge is 0.268 e. The standard InChI is InChI=1S/C67H117N2O6P/c1-6-8-10-12-14-16-18-20-21-22-23-24-25-26-27-28-29-30-31-32-33-34-35-36-37-38-39-40-41-42-43-44-45-46-47-49-51-53-55-57-59-61-67(71)68-65(64-75-76(72,73)74-63-62-69(3,4)5)66(70)60-58-56-54-52-50-48-19-17-15-13-11-9-7-2/h8,10,14,16,20-21,23-24,26-27,29-30,32-33,35-36,38-39,41-42,65-66,70H,6-7,9,11-13,15,17-19,22,25,28,31,34,37,40,43-64H2,1-5H3,(H-,68,71,72,73)/b10-8-,16-14-,21-20-,24-23-,27-26-,30-29-,33-32-,36-35-,39-38-,42-41-. The number of nitrogens with one attached hydrogen (secondary N) is 1. The molecule has 0 aromatic carbocycles. The zero-order chi connectivity index (χ0) is 55.6. The number of phosphoric ester groups is 1. The second kappa shape index (κ2) is 56.6. The number of carbonyl (C=O) groups is 1. The minimum absolute atomic E-state index is 0.00651. The quantitative estimate of drug-likeness (QED) is 0.0272. The number of nitrogens with zero attached hydrogens (tertiary/aromatic N) is 1. The number of phosphoric acid groups is 1. The van der Waals surface area contributed by atoms with Crippen molar-refractivity contribution in [2.24, 2.45) is 0 Å². The first-order chi connectivity index (χ1) is 37.0. The zero-order valence-electron chi connectivity index (χ0n) is 49.7. The fraction of sp³-hybridized carbons (Fsp3) is 0.687. The maximum Gasteiger partial charge on any atom is 0.268 e. The van der Waals surface area contributed by atoms with Gasteiger partial charge in [-0.2, -0.15) is 0 Å². The van der Waals surface area contributed by atoms with Crippen LogP contribution in [0.5, 0.6) is 0 Å². The number of amides is 1. The second-order valence-electron chi connectivity index (χ2n) is 21.7. The molecule has 2 N–H and O–H groups in total. The Morgan fingerprint density at radius 1 is 0.474 bits per heavy atom. The van der Waals surface area contributed by atoms with E-state index in [0.717, 1.165) is 109 Å². The molecule has 0 saturated carbocycles. The molecule has 0 aliphatic heterocycles. The number of rotatable bonds is 55. The fourth-order valence-corrected chi connectivity index (χ4v) is 9.14. The van der Waals surface area contributed by atoms with E-state index in [1.54, 1.807) is 0 Å². The lowest BCUT2D eigenvalue weighted by molar-refractivity contribution is -0.870. The summed E-state index contributed by atoms with van der Waals surface area (Å²) in [6.07, 6.45) is 83.9. The largest absolute Gasteiger partial charge is 0.756 e. The van der Waals surface area contributed by atoms with Crippen LogP contribution in [0.25, 0.3) is 0 Å². The van der Waals surface area contributed by atoms with Gasteiger partial charge in [0, 0.05) is 6.42 Å². The lowest BCUT2D eigenvalue weighted by Crippen LogP contribution is -2.46. The number of quaternary nitrogens is 1. The van der Waals surface area contributed by atoms with Crippen LogP contribution in [0.2, 0.25) is 0 Å².